The first-order valence-electron chi connectivity index (χ1n) is 9.30. The average molecular weight is 372 g/mol. The molecule has 0 bridgehead atoms. The lowest BCUT2D eigenvalue weighted by atomic mass is 10.1. The molecule has 0 aliphatic heterocycles. The van der Waals surface area contributed by atoms with Crippen LogP contribution >= 0.6 is 0 Å². The first kappa shape index (κ1) is 19.4. The molecule has 3 aromatic rings. The van der Waals surface area contributed by atoms with Crippen LogP contribution in [0.3, 0.4) is 0 Å². The van der Waals surface area contributed by atoms with Crippen molar-refractivity contribution in [3.63, 3.8) is 0 Å². The van der Waals surface area contributed by atoms with Crippen LogP contribution in [0.2, 0.25) is 0 Å². The van der Waals surface area contributed by atoms with E-state index in [0.29, 0.717) is 12.2 Å². The molecule has 1 heterocycles. The maximum Gasteiger partial charge on any atom is 0.270 e. The molecule has 0 fully saturated rings. The molecule has 3 rings (SSSR count). The summed E-state index contributed by atoms with van der Waals surface area (Å²) in [6, 6.07) is 22.8. The lowest BCUT2D eigenvalue weighted by molar-refractivity contribution is -0.124. The molecule has 0 aliphatic carbocycles. The van der Waals surface area contributed by atoms with Gasteiger partial charge in [-0.15, -0.1) is 0 Å². The number of aryl methyl sites for hydroxylation is 1. The van der Waals surface area contributed by atoms with Crippen molar-refractivity contribution in [3.05, 3.63) is 106 Å². The number of rotatable bonds is 6. The number of pyridine rings is 1. The van der Waals surface area contributed by atoms with Gasteiger partial charge in [0.1, 0.15) is 5.70 Å². The number of aromatic nitrogens is 1. The summed E-state index contributed by atoms with van der Waals surface area (Å²) in [7, 11) is 1.77. The summed E-state index contributed by atoms with van der Waals surface area (Å²) in [5.41, 5.74) is 3.29. The summed E-state index contributed by atoms with van der Waals surface area (Å²) in [5, 5.41) is 0. The molecule has 0 radical (unpaired) electrons. The molecule has 0 unspecified atom stereocenters. The Morgan fingerprint density at radius 3 is 2.32 bits per heavy atom. The van der Waals surface area contributed by atoms with Gasteiger partial charge in [-0.1, -0.05) is 66.2 Å². The average Bonchev–Trinajstić information content (AvgIpc) is 2.72. The van der Waals surface area contributed by atoms with Crippen molar-refractivity contribution in [2.45, 2.75) is 13.3 Å². The Hall–Kier alpha value is -3.40. The molecule has 0 saturated heterocycles. The topological polar surface area (TPSA) is 42.3 Å². The minimum atomic E-state index is -0.231. The van der Waals surface area contributed by atoms with Gasteiger partial charge in [-0.2, -0.15) is 0 Å². The zero-order chi connectivity index (χ0) is 19.9. The zero-order valence-electron chi connectivity index (χ0n) is 16.2. The molecule has 0 N–H and O–H groups in total. The molecule has 0 aliphatic rings. The van der Waals surface area contributed by atoms with Gasteiger partial charge in [0.2, 0.25) is 0 Å². The Bertz CT molecular complexity index is 1020. The van der Waals surface area contributed by atoms with Crippen molar-refractivity contribution in [1.29, 1.82) is 0 Å². The van der Waals surface area contributed by atoms with Crippen LogP contribution in [-0.4, -0.2) is 29.0 Å². The molecule has 1 aromatic heterocycles. The summed E-state index contributed by atoms with van der Waals surface area (Å²) in [5.74, 6) is -0.190. The standard InChI is InChI=1S/C24H24N2O2/c1-19-11-13-21(14-12-19)18-22(26-16-7-6-10-23(26)27)24(28)25(2)17-15-20-8-4-3-5-9-20/h3-14,16,18H,15,17H2,1-2H3. The van der Waals surface area contributed by atoms with Gasteiger partial charge >= 0.3 is 0 Å². The van der Waals surface area contributed by atoms with E-state index in [4.69, 9.17) is 0 Å². The van der Waals surface area contributed by atoms with Gasteiger partial charge in [0.05, 0.1) is 0 Å². The van der Waals surface area contributed by atoms with Crippen molar-refractivity contribution in [2.75, 3.05) is 13.6 Å². The Labute approximate surface area is 165 Å². The van der Waals surface area contributed by atoms with Gasteiger partial charge < -0.3 is 4.90 Å². The predicted molar refractivity (Wildman–Crippen MR) is 114 cm³/mol. The van der Waals surface area contributed by atoms with E-state index >= 15 is 0 Å². The van der Waals surface area contributed by atoms with E-state index < -0.39 is 0 Å². The van der Waals surface area contributed by atoms with E-state index in [1.54, 1.807) is 36.4 Å². The number of likely N-dealkylation sites (N-methyl/N-ethyl adjacent to an activating group) is 1. The largest absolute Gasteiger partial charge is 0.340 e. The third kappa shape index (κ3) is 4.86. The highest BCUT2D eigenvalue weighted by molar-refractivity contribution is 6.18. The van der Waals surface area contributed by atoms with Gasteiger partial charge in [0.15, 0.2) is 0 Å². The number of amides is 1. The second-order valence-electron chi connectivity index (χ2n) is 6.81. The van der Waals surface area contributed by atoms with Crippen LogP contribution in [0.1, 0.15) is 16.7 Å². The second kappa shape index (κ2) is 9.00. The normalized spacial score (nSPS) is 11.3. The molecule has 142 valence electrons. The van der Waals surface area contributed by atoms with E-state index in [2.05, 4.69) is 0 Å². The highest BCUT2D eigenvalue weighted by atomic mass is 16.2. The molecule has 0 atom stereocenters. The number of carbonyl (C=O) groups is 1. The molecular formula is C24H24N2O2. The van der Waals surface area contributed by atoms with Crippen LogP contribution in [0.5, 0.6) is 0 Å². The molecule has 4 nitrogen and oxygen atoms in total. The minimum Gasteiger partial charge on any atom is -0.340 e. The smallest absolute Gasteiger partial charge is 0.270 e. The van der Waals surface area contributed by atoms with Gasteiger partial charge in [-0.05, 0) is 36.6 Å². The number of nitrogens with zero attached hydrogens (tertiary/aromatic N) is 2. The van der Waals surface area contributed by atoms with Crippen molar-refractivity contribution in [1.82, 2.24) is 9.47 Å². The van der Waals surface area contributed by atoms with Gasteiger partial charge in [-0.3, -0.25) is 14.2 Å². The van der Waals surface area contributed by atoms with E-state index in [1.807, 2.05) is 61.5 Å². The number of hydrogen-bond acceptors (Lipinski definition) is 2. The van der Waals surface area contributed by atoms with E-state index in [9.17, 15) is 9.59 Å². The Kier molecular flexibility index (Phi) is 6.22. The third-order valence-corrected chi connectivity index (χ3v) is 4.61. The predicted octanol–water partition coefficient (Wildman–Crippen LogP) is 3.86. The summed E-state index contributed by atoms with van der Waals surface area (Å²) >= 11 is 0. The van der Waals surface area contributed by atoms with Gasteiger partial charge in [0.25, 0.3) is 11.5 Å². The van der Waals surface area contributed by atoms with Crippen LogP contribution in [-0.2, 0) is 11.2 Å². The Balaban J connectivity index is 1.89. The second-order valence-corrected chi connectivity index (χ2v) is 6.81. The first-order valence-corrected chi connectivity index (χ1v) is 9.30. The van der Waals surface area contributed by atoms with E-state index in [-0.39, 0.29) is 11.5 Å². The van der Waals surface area contributed by atoms with Crippen molar-refractivity contribution in [3.8, 4) is 0 Å². The van der Waals surface area contributed by atoms with Crippen LogP contribution in [0.4, 0.5) is 0 Å². The van der Waals surface area contributed by atoms with E-state index in [0.717, 1.165) is 17.5 Å². The number of benzene rings is 2. The maximum atomic E-state index is 13.2. The molecule has 1 amide bonds. The zero-order valence-corrected chi connectivity index (χ0v) is 16.2. The van der Waals surface area contributed by atoms with Crippen LogP contribution < -0.4 is 5.56 Å². The molecule has 2 aromatic carbocycles. The van der Waals surface area contributed by atoms with Crippen LogP contribution in [0.25, 0.3) is 11.8 Å². The molecule has 4 heteroatoms. The fourth-order valence-corrected chi connectivity index (χ4v) is 2.92. The monoisotopic (exact) mass is 372 g/mol. The summed E-state index contributed by atoms with van der Waals surface area (Å²) in [4.78, 5) is 27.2. The number of hydrogen-bond donors (Lipinski definition) is 0. The minimum absolute atomic E-state index is 0.190. The molecule has 28 heavy (non-hydrogen) atoms. The summed E-state index contributed by atoms with van der Waals surface area (Å²) < 4.78 is 1.40. The maximum absolute atomic E-state index is 13.2. The highest BCUT2D eigenvalue weighted by Crippen LogP contribution is 2.14. The fourth-order valence-electron chi connectivity index (χ4n) is 2.92. The summed E-state index contributed by atoms with van der Waals surface area (Å²) in [6.45, 7) is 2.58. The lowest BCUT2D eigenvalue weighted by Gasteiger charge is -2.20. The van der Waals surface area contributed by atoms with Gasteiger partial charge in [0, 0.05) is 25.9 Å². The van der Waals surface area contributed by atoms with Crippen molar-refractivity contribution in [2.24, 2.45) is 0 Å². The molecule has 0 saturated carbocycles. The van der Waals surface area contributed by atoms with Crippen molar-refractivity contribution < 1.29 is 4.79 Å². The molecular weight excluding hydrogens is 348 g/mol. The van der Waals surface area contributed by atoms with Gasteiger partial charge in [-0.25, -0.2) is 0 Å². The third-order valence-electron chi connectivity index (χ3n) is 4.61. The first-order chi connectivity index (χ1) is 13.5. The summed E-state index contributed by atoms with van der Waals surface area (Å²) in [6.07, 6.45) is 4.15. The van der Waals surface area contributed by atoms with Crippen LogP contribution in [0.15, 0.2) is 83.8 Å². The highest BCUT2D eigenvalue weighted by Gasteiger charge is 2.17. The number of carbonyl (C=O) groups excluding carboxylic acids is 1. The van der Waals surface area contributed by atoms with Crippen LogP contribution in [0, 0.1) is 6.92 Å². The molecule has 0 spiro atoms. The van der Waals surface area contributed by atoms with Crippen molar-refractivity contribution >= 4 is 17.7 Å². The Morgan fingerprint density at radius 2 is 1.64 bits per heavy atom. The Morgan fingerprint density at radius 1 is 0.964 bits per heavy atom. The SMILES string of the molecule is Cc1ccc(C=C(C(=O)N(C)CCc2ccccc2)n2ccccc2=O)cc1. The lowest BCUT2D eigenvalue weighted by Crippen LogP contribution is -2.33. The fraction of sp³-hybridized carbons (Fsp3) is 0.167. The quantitative estimate of drug-likeness (QED) is 0.617. The van der Waals surface area contributed by atoms with E-state index in [1.165, 1.54) is 16.2 Å².